The molecule has 0 atom stereocenters. The molecular formula is C9H9NO4. The fourth-order valence-electron chi connectivity index (χ4n) is 1.05. The van der Waals surface area contributed by atoms with E-state index >= 15 is 0 Å². The van der Waals surface area contributed by atoms with E-state index in [1.54, 1.807) is 0 Å². The number of phenols is 1. The number of phenolic OH excluding ortho intramolecular Hbond substituents is 1. The smallest absolute Gasteiger partial charge is 0.307 e. The zero-order chi connectivity index (χ0) is 10.6. The molecule has 0 radical (unpaired) electrons. The van der Waals surface area contributed by atoms with Gasteiger partial charge in [-0.1, -0.05) is 6.07 Å². The first kappa shape index (κ1) is 10.0. The number of benzene rings is 1. The SMILES string of the molecule is O=CNc1cc(CC(=O)O)ccc1O. The number of nitrogens with one attached hydrogen (secondary N) is 1. The molecule has 74 valence electrons. The van der Waals surface area contributed by atoms with Gasteiger partial charge in [-0.3, -0.25) is 9.59 Å². The lowest BCUT2D eigenvalue weighted by Crippen LogP contribution is -2.01. The van der Waals surface area contributed by atoms with Crippen LogP contribution in [0.4, 0.5) is 5.69 Å². The van der Waals surface area contributed by atoms with E-state index in [1.165, 1.54) is 18.2 Å². The molecule has 3 N–H and O–H groups in total. The summed E-state index contributed by atoms with van der Waals surface area (Å²) in [5.74, 6) is -1.06. The van der Waals surface area contributed by atoms with E-state index in [9.17, 15) is 14.7 Å². The summed E-state index contributed by atoms with van der Waals surface area (Å²) in [6.45, 7) is 0. The Bertz CT molecular complexity index is 362. The van der Waals surface area contributed by atoms with Crippen LogP contribution in [0.2, 0.25) is 0 Å². The lowest BCUT2D eigenvalue weighted by molar-refractivity contribution is -0.136. The van der Waals surface area contributed by atoms with Crippen LogP contribution in [0, 0.1) is 0 Å². The second-order valence-electron chi connectivity index (χ2n) is 2.68. The summed E-state index contributed by atoms with van der Waals surface area (Å²) in [6.07, 6.45) is 0.271. The summed E-state index contributed by atoms with van der Waals surface area (Å²) in [4.78, 5) is 20.5. The van der Waals surface area contributed by atoms with Crippen molar-refractivity contribution in [1.82, 2.24) is 0 Å². The van der Waals surface area contributed by atoms with Crippen LogP contribution in [0.25, 0.3) is 0 Å². The predicted octanol–water partition coefficient (Wildman–Crippen LogP) is 0.588. The zero-order valence-electron chi connectivity index (χ0n) is 7.23. The number of rotatable bonds is 4. The molecule has 0 heterocycles. The number of carboxylic acids is 1. The fraction of sp³-hybridized carbons (Fsp3) is 0.111. The van der Waals surface area contributed by atoms with Crippen molar-refractivity contribution in [3.63, 3.8) is 0 Å². The van der Waals surface area contributed by atoms with Crippen molar-refractivity contribution < 1.29 is 19.8 Å². The van der Waals surface area contributed by atoms with Gasteiger partial charge >= 0.3 is 5.97 Å². The minimum Gasteiger partial charge on any atom is -0.506 e. The quantitative estimate of drug-likeness (QED) is 0.484. The van der Waals surface area contributed by atoms with Gasteiger partial charge in [0.25, 0.3) is 0 Å². The first-order valence-electron chi connectivity index (χ1n) is 3.87. The Labute approximate surface area is 80.0 Å². The number of hydrogen-bond acceptors (Lipinski definition) is 3. The van der Waals surface area contributed by atoms with Crippen LogP contribution in [-0.4, -0.2) is 22.6 Å². The van der Waals surface area contributed by atoms with E-state index in [0.717, 1.165) is 0 Å². The van der Waals surface area contributed by atoms with Crippen molar-refractivity contribution in [1.29, 1.82) is 0 Å². The van der Waals surface area contributed by atoms with Crippen molar-refractivity contribution in [3.05, 3.63) is 23.8 Å². The van der Waals surface area contributed by atoms with Gasteiger partial charge in [-0.05, 0) is 17.7 Å². The monoisotopic (exact) mass is 195 g/mol. The Kier molecular flexibility index (Phi) is 3.06. The number of aromatic hydroxyl groups is 1. The number of carboxylic acid groups (broad SMARTS) is 1. The first-order chi connectivity index (χ1) is 6.63. The average molecular weight is 195 g/mol. The standard InChI is InChI=1S/C9H9NO4/c11-5-10-7-3-6(4-9(13)14)1-2-8(7)12/h1-3,5,12H,4H2,(H,10,11)(H,13,14). The van der Waals surface area contributed by atoms with Gasteiger partial charge in [0.1, 0.15) is 5.75 Å². The molecule has 1 aromatic carbocycles. The summed E-state index contributed by atoms with van der Waals surface area (Å²) in [5, 5.41) is 20.0. The van der Waals surface area contributed by atoms with E-state index in [2.05, 4.69) is 5.32 Å². The number of hydrogen-bond donors (Lipinski definition) is 3. The van der Waals surface area contributed by atoms with E-state index in [-0.39, 0.29) is 17.9 Å². The minimum absolute atomic E-state index is 0.0914. The predicted molar refractivity (Wildman–Crippen MR) is 49.1 cm³/mol. The molecule has 1 aromatic rings. The molecule has 1 amide bonds. The van der Waals surface area contributed by atoms with Crippen LogP contribution < -0.4 is 5.32 Å². The van der Waals surface area contributed by atoms with E-state index in [4.69, 9.17) is 5.11 Å². The number of amides is 1. The maximum atomic E-state index is 10.4. The molecule has 0 saturated carbocycles. The van der Waals surface area contributed by atoms with Crippen molar-refractivity contribution >= 4 is 18.1 Å². The highest BCUT2D eigenvalue weighted by molar-refractivity contribution is 5.77. The molecule has 0 aliphatic rings. The Hall–Kier alpha value is -2.04. The highest BCUT2D eigenvalue weighted by atomic mass is 16.4. The Morgan fingerprint density at radius 2 is 2.21 bits per heavy atom. The van der Waals surface area contributed by atoms with Crippen molar-refractivity contribution in [2.24, 2.45) is 0 Å². The van der Waals surface area contributed by atoms with Crippen molar-refractivity contribution in [2.75, 3.05) is 5.32 Å². The molecule has 0 aromatic heterocycles. The molecule has 0 saturated heterocycles. The molecule has 0 unspecified atom stereocenters. The normalized spacial score (nSPS) is 9.43. The molecule has 14 heavy (non-hydrogen) atoms. The van der Waals surface area contributed by atoms with Gasteiger partial charge in [-0.2, -0.15) is 0 Å². The van der Waals surface area contributed by atoms with E-state index < -0.39 is 5.97 Å². The molecule has 0 bridgehead atoms. The molecule has 0 aliphatic carbocycles. The number of carbonyl (C=O) groups is 2. The van der Waals surface area contributed by atoms with Gasteiger partial charge in [-0.15, -0.1) is 0 Å². The van der Waals surface area contributed by atoms with Gasteiger partial charge in [0.05, 0.1) is 12.1 Å². The summed E-state index contributed by atoms with van der Waals surface area (Å²) in [5.41, 5.74) is 0.721. The Balaban J connectivity index is 2.93. The maximum Gasteiger partial charge on any atom is 0.307 e. The van der Waals surface area contributed by atoms with Gasteiger partial charge in [0.15, 0.2) is 0 Å². The van der Waals surface area contributed by atoms with Gasteiger partial charge in [0.2, 0.25) is 6.41 Å². The lowest BCUT2D eigenvalue weighted by atomic mass is 10.1. The minimum atomic E-state index is -0.965. The third kappa shape index (κ3) is 2.48. The van der Waals surface area contributed by atoms with Gasteiger partial charge in [0, 0.05) is 0 Å². The number of anilines is 1. The second-order valence-corrected chi connectivity index (χ2v) is 2.68. The highest BCUT2D eigenvalue weighted by Crippen LogP contribution is 2.23. The van der Waals surface area contributed by atoms with E-state index in [1.807, 2.05) is 0 Å². The second kappa shape index (κ2) is 4.27. The molecule has 1 rings (SSSR count). The van der Waals surface area contributed by atoms with Crippen LogP contribution >= 0.6 is 0 Å². The molecule has 5 nitrogen and oxygen atoms in total. The molecule has 0 aliphatic heterocycles. The van der Waals surface area contributed by atoms with Crippen LogP contribution in [-0.2, 0) is 16.0 Å². The average Bonchev–Trinajstić information content (AvgIpc) is 2.10. The molecular weight excluding hydrogens is 186 g/mol. The van der Waals surface area contributed by atoms with Crippen LogP contribution in [0.15, 0.2) is 18.2 Å². The van der Waals surface area contributed by atoms with Crippen molar-refractivity contribution in [2.45, 2.75) is 6.42 Å². The van der Waals surface area contributed by atoms with Crippen molar-refractivity contribution in [3.8, 4) is 5.75 Å². The maximum absolute atomic E-state index is 10.4. The summed E-state index contributed by atoms with van der Waals surface area (Å²) in [6, 6.07) is 4.24. The first-order valence-corrected chi connectivity index (χ1v) is 3.87. The zero-order valence-corrected chi connectivity index (χ0v) is 7.23. The number of carbonyl (C=O) groups excluding carboxylic acids is 1. The highest BCUT2D eigenvalue weighted by Gasteiger charge is 2.04. The number of aliphatic carboxylic acids is 1. The molecule has 0 spiro atoms. The van der Waals surface area contributed by atoms with Crippen LogP contribution in [0.1, 0.15) is 5.56 Å². The summed E-state index contributed by atoms with van der Waals surface area (Å²) < 4.78 is 0. The fourth-order valence-corrected chi connectivity index (χ4v) is 1.05. The lowest BCUT2D eigenvalue weighted by Gasteiger charge is -2.04. The molecule has 5 heteroatoms. The van der Waals surface area contributed by atoms with Gasteiger partial charge in [-0.25, -0.2) is 0 Å². The van der Waals surface area contributed by atoms with E-state index in [0.29, 0.717) is 12.0 Å². The third-order valence-electron chi connectivity index (χ3n) is 1.63. The summed E-state index contributed by atoms with van der Waals surface area (Å²) in [7, 11) is 0. The van der Waals surface area contributed by atoms with Crippen LogP contribution in [0.5, 0.6) is 5.75 Å². The largest absolute Gasteiger partial charge is 0.506 e. The third-order valence-corrected chi connectivity index (χ3v) is 1.63. The Morgan fingerprint density at radius 1 is 1.50 bits per heavy atom. The van der Waals surface area contributed by atoms with Crippen LogP contribution in [0.3, 0.4) is 0 Å². The summed E-state index contributed by atoms with van der Waals surface area (Å²) >= 11 is 0. The van der Waals surface area contributed by atoms with Gasteiger partial charge < -0.3 is 15.5 Å². The molecule has 0 fully saturated rings. The topological polar surface area (TPSA) is 86.6 Å². The Morgan fingerprint density at radius 3 is 2.79 bits per heavy atom.